The van der Waals surface area contributed by atoms with Gasteiger partial charge in [-0.2, -0.15) is 0 Å². The van der Waals surface area contributed by atoms with Crippen molar-refractivity contribution in [2.45, 2.75) is 18.9 Å². The van der Waals surface area contributed by atoms with Crippen molar-refractivity contribution >= 4 is 46.8 Å². The van der Waals surface area contributed by atoms with Crippen molar-refractivity contribution in [2.24, 2.45) is 11.7 Å². The molecule has 1 aliphatic carbocycles. The Morgan fingerprint density at radius 2 is 2.32 bits per heavy atom. The maximum absolute atomic E-state index is 12.5. The molecule has 1 fully saturated rings. The van der Waals surface area contributed by atoms with Crippen molar-refractivity contribution in [1.29, 1.82) is 0 Å². The van der Waals surface area contributed by atoms with Gasteiger partial charge < -0.3 is 20.9 Å². The average molecular weight is 380 g/mol. The largest absolute Gasteiger partial charge is 0.351 e. The van der Waals surface area contributed by atoms with E-state index in [0.717, 1.165) is 46.8 Å². The molecule has 25 heavy (non-hydrogen) atoms. The average Bonchev–Trinajstić information content (AvgIpc) is 3.09. The zero-order chi connectivity index (χ0) is 16.5. The highest BCUT2D eigenvalue weighted by Crippen LogP contribution is 2.31. The van der Waals surface area contributed by atoms with Crippen molar-refractivity contribution in [1.82, 2.24) is 15.3 Å². The Bertz CT molecular complexity index is 792. The lowest BCUT2D eigenvalue weighted by molar-refractivity contribution is -0.117. The Hall–Kier alpha value is -1.70. The predicted octanol–water partition coefficient (Wildman–Crippen LogP) is 2.23. The maximum Gasteiger partial charge on any atom is 0.259 e. The number of carbonyl (C=O) groups excluding carboxylic acids is 1. The summed E-state index contributed by atoms with van der Waals surface area (Å²) in [6.07, 6.45) is 7.81. The van der Waals surface area contributed by atoms with Gasteiger partial charge in [-0.3, -0.25) is 4.79 Å². The van der Waals surface area contributed by atoms with Gasteiger partial charge in [-0.1, -0.05) is 0 Å². The number of pyridine rings is 1. The minimum atomic E-state index is 0. The molecule has 1 saturated carbocycles. The first-order chi connectivity index (χ1) is 11.7. The topological polar surface area (TPSA) is 87.0 Å². The fourth-order valence-electron chi connectivity index (χ4n) is 3.17. The highest BCUT2D eigenvalue weighted by atomic mass is 35.5. The van der Waals surface area contributed by atoms with Gasteiger partial charge in [0.05, 0.1) is 10.6 Å². The minimum Gasteiger partial charge on any atom is -0.351 e. The second kappa shape index (κ2) is 7.68. The summed E-state index contributed by atoms with van der Waals surface area (Å²) < 4.78 is 0. The lowest BCUT2D eigenvalue weighted by atomic mass is 9.80. The molecule has 2 atom stereocenters. The van der Waals surface area contributed by atoms with Crippen LogP contribution in [0.4, 0.5) is 5.69 Å². The molecule has 0 radical (unpaired) electrons. The van der Waals surface area contributed by atoms with Crippen molar-refractivity contribution in [3.05, 3.63) is 35.6 Å². The number of nitrogens with two attached hydrogens (primary N) is 1. The van der Waals surface area contributed by atoms with Gasteiger partial charge in [-0.05, 0) is 30.9 Å². The molecule has 0 unspecified atom stereocenters. The molecule has 2 aromatic rings. The number of carbonyl (C=O) groups is 1. The van der Waals surface area contributed by atoms with E-state index >= 15 is 0 Å². The molecule has 134 valence electrons. The van der Waals surface area contributed by atoms with Gasteiger partial charge in [0, 0.05) is 48.9 Å². The van der Waals surface area contributed by atoms with Gasteiger partial charge >= 0.3 is 0 Å². The Morgan fingerprint density at radius 3 is 3.08 bits per heavy atom. The van der Waals surface area contributed by atoms with Crippen LogP contribution in [0.1, 0.15) is 12.8 Å². The molecule has 8 heteroatoms. The number of H-pyrrole nitrogens is 1. The van der Waals surface area contributed by atoms with E-state index in [1.54, 1.807) is 18.0 Å². The number of fused-ring (bicyclic) bond motifs is 1. The number of nitrogens with one attached hydrogen (secondary N) is 2. The molecule has 0 aromatic carbocycles. The fourth-order valence-corrected chi connectivity index (χ4v) is 4.08. The number of anilines is 1. The summed E-state index contributed by atoms with van der Waals surface area (Å²) in [5.74, 6) is 1.32. The number of halogens is 1. The van der Waals surface area contributed by atoms with Crippen LogP contribution in [0.15, 0.2) is 35.6 Å². The SMILES string of the molecule is Cl.N[C@H]1CC[C@H]1CNC(=O)C1=CN(c2ccnc3[nH]ccc23)CCS1. The van der Waals surface area contributed by atoms with Crippen molar-refractivity contribution in [3.63, 3.8) is 0 Å². The predicted molar refractivity (Wildman–Crippen MR) is 105 cm³/mol. The summed E-state index contributed by atoms with van der Waals surface area (Å²) >= 11 is 1.61. The van der Waals surface area contributed by atoms with Gasteiger partial charge in [-0.15, -0.1) is 24.2 Å². The van der Waals surface area contributed by atoms with E-state index in [2.05, 4.69) is 20.2 Å². The van der Waals surface area contributed by atoms with E-state index in [1.165, 1.54) is 0 Å². The fraction of sp³-hybridized carbons (Fsp3) is 0.412. The van der Waals surface area contributed by atoms with E-state index < -0.39 is 0 Å². The number of hydrogen-bond acceptors (Lipinski definition) is 5. The molecular formula is C17H22ClN5OS. The highest BCUT2D eigenvalue weighted by Gasteiger charge is 2.28. The van der Waals surface area contributed by atoms with Crippen molar-refractivity contribution in [2.75, 3.05) is 23.7 Å². The summed E-state index contributed by atoms with van der Waals surface area (Å²) in [5.41, 5.74) is 7.88. The summed E-state index contributed by atoms with van der Waals surface area (Å²) in [7, 11) is 0. The van der Waals surface area contributed by atoms with Gasteiger partial charge in [0.25, 0.3) is 5.91 Å². The number of thioether (sulfide) groups is 1. The number of amides is 1. The molecule has 4 rings (SSSR count). The molecule has 0 saturated heterocycles. The Labute approximate surface area is 157 Å². The quantitative estimate of drug-likeness (QED) is 0.758. The molecule has 2 aliphatic rings. The normalized spacial score (nSPS) is 22.8. The Balaban J connectivity index is 0.00000182. The molecular weight excluding hydrogens is 358 g/mol. The van der Waals surface area contributed by atoms with E-state index in [0.29, 0.717) is 12.5 Å². The molecule has 6 nitrogen and oxygen atoms in total. The maximum atomic E-state index is 12.5. The number of nitrogens with zero attached hydrogens (tertiary/aromatic N) is 2. The summed E-state index contributed by atoms with van der Waals surface area (Å²) in [6, 6.07) is 4.25. The minimum absolute atomic E-state index is 0. The van der Waals surface area contributed by atoms with Crippen LogP contribution in [0.25, 0.3) is 11.0 Å². The van der Waals surface area contributed by atoms with Gasteiger partial charge in [0.15, 0.2) is 0 Å². The van der Waals surface area contributed by atoms with Crippen LogP contribution in [-0.4, -0.2) is 40.8 Å². The summed E-state index contributed by atoms with van der Waals surface area (Å²) in [4.78, 5) is 22.8. The third kappa shape index (κ3) is 3.63. The molecule has 1 amide bonds. The van der Waals surface area contributed by atoms with E-state index in [4.69, 9.17) is 5.73 Å². The molecule has 1 aliphatic heterocycles. The third-order valence-corrected chi connectivity index (χ3v) is 5.82. The number of aromatic nitrogens is 2. The summed E-state index contributed by atoms with van der Waals surface area (Å²) in [5, 5.41) is 4.11. The van der Waals surface area contributed by atoms with Crippen molar-refractivity contribution in [3.8, 4) is 0 Å². The van der Waals surface area contributed by atoms with Gasteiger partial charge in [-0.25, -0.2) is 4.98 Å². The van der Waals surface area contributed by atoms with Crippen LogP contribution < -0.4 is 16.0 Å². The van der Waals surface area contributed by atoms with Crippen LogP contribution in [0, 0.1) is 5.92 Å². The van der Waals surface area contributed by atoms with E-state index in [1.807, 2.05) is 24.5 Å². The van der Waals surface area contributed by atoms with Crippen molar-refractivity contribution < 1.29 is 4.79 Å². The Morgan fingerprint density at radius 1 is 1.44 bits per heavy atom. The molecule has 2 aromatic heterocycles. The van der Waals surface area contributed by atoms with Crippen LogP contribution in [0.2, 0.25) is 0 Å². The van der Waals surface area contributed by atoms with Crippen LogP contribution in [-0.2, 0) is 4.79 Å². The molecule has 0 bridgehead atoms. The first-order valence-electron chi connectivity index (χ1n) is 8.29. The number of rotatable bonds is 4. The lowest BCUT2D eigenvalue weighted by Gasteiger charge is -2.33. The first kappa shape index (κ1) is 18.1. The van der Waals surface area contributed by atoms with E-state index in [9.17, 15) is 4.79 Å². The number of aromatic amines is 1. The zero-order valence-corrected chi connectivity index (χ0v) is 15.4. The number of hydrogen-bond donors (Lipinski definition) is 3. The lowest BCUT2D eigenvalue weighted by Crippen LogP contribution is -2.46. The zero-order valence-electron chi connectivity index (χ0n) is 13.8. The summed E-state index contributed by atoms with van der Waals surface area (Å²) in [6.45, 7) is 1.55. The second-order valence-electron chi connectivity index (χ2n) is 6.32. The van der Waals surface area contributed by atoms with Crippen LogP contribution in [0.5, 0.6) is 0 Å². The van der Waals surface area contributed by atoms with Gasteiger partial charge in [0.1, 0.15) is 5.65 Å². The van der Waals surface area contributed by atoms with E-state index in [-0.39, 0.29) is 24.4 Å². The van der Waals surface area contributed by atoms with Crippen LogP contribution in [0.3, 0.4) is 0 Å². The monoisotopic (exact) mass is 379 g/mol. The second-order valence-corrected chi connectivity index (χ2v) is 7.45. The van der Waals surface area contributed by atoms with Crippen LogP contribution >= 0.6 is 24.2 Å². The standard InChI is InChI=1S/C17H21N5OS.ClH/c18-13-2-1-11(13)9-21-17(23)15-10-22(7-8-24-15)14-4-6-20-16-12(14)3-5-19-16;/h3-6,10-11,13H,1-2,7-9,18H2,(H,19,20)(H,21,23);1H/t11-,13-;/m0./s1. The Kier molecular flexibility index (Phi) is 5.56. The molecule has 4 N–H and O–H groups in total. The first-order valence-corrected chi connectivity index (χ1v) is 9.28. The molecule has 3 heterocycles. The highest BCUT2D eigenvalue weighted by molar-refractivity contribution is 8.04. The molecule has 0 spiro atoms. The smallest absolute Gasteiger partial charge is 0.259 e. The van der Waals surface area contributed by atoms with Gasteiger partial charge in [0.2, 0.25) is 0 Å². The third-order valence-electron chi connectivity index (χ3n) is 4.83.